The summed E-state index contributed by atoms with van der Waals surface area (Å²) in [4.78, 5) is 51.9. The minimum atomic E-state index is -0.829. The van der Waals surface area contributed by atoms with E-state index in [4.69, 9.17) is 14.2 Å². The highest BCUT2D eigenvalue weighted by molar-refractivity contribution is 9.10. The van der Waals surface area contributed by atoms with Gasteiger partial charge in [-0.15, -0.1) is 0 Å². The molecule has 3 aromatic rings. The van der Waals surface area contributed by atoms with E-state index < -0.39 is 23.8 Å². The van der Waals surface area contributed by atoms with Crippen LogP contribution < -0.4 is 29.7 Å². The lowest BCUT2D eigenvalue weighted by molar-refractivity contribution is -0.122. The molecule has 0 radical (unpaired) electrons. The van der Waals surface area contributed by atoms with Gasteiger partial charge >= 0.3 is 6.03 Å². The third kappa shape index (κ3) is 5.99. The highest BCUT2D eigenvalue weighted by Crippen LogP contribution is 2.37. The second-order valence-corrected chi connectivity index (χ2v) is 9.65. The van der Waals surface area contributed by atoms with E-state index in [0.29, 0.717) is 27.2 Å². The summed E-state index contributed by atoms with van der Waals surface area (Å²) in [5.41, 5.74) is 2.91. The van der Waals surface area contributed by atoms with Crippen LogP contribution in [0.3, 0.4) is 0 Å². The number of amides is 5. The minimum absolute atomic E-state index is 0.239. The smallest absolute Gasteiger partial charge is 0.335 e. The van der Waals surface area contributed by atoms with Gasteiger partial charge < -0.3 is 19.5 Å². The number of nitrogens with one attached hydrogen (secondary N) is 2. The van der Waals surface area contributed by atoms with Gasteiger partial charge in [0.2, 0.25) is 0 Å². The molecule has 0 atom stereocenters. The Kier molecular flexibility index (Phi) is 8.54. The molecule has 0 aromatic heterocycles. The largest absolute Gasteiger partial charge is 0.495 e. The normalized spacial score (nSPS) is 14.2. The fourth-order valence-corrected chi connectivity index (χ4v) is 4.53. The number of benzene rings is 3. The number of hydrogen-bond acceptors (Lipinski definition) is 7. The summed E-state index contributed by atoms with van der Waals surface area (Å²) in [6.45, 7) is 3.45. The Labute approximate surface area is 239 Å². The van der Waals surface area contributed by atoms with Crippen molar-refractivity contribution < 1.29 is 33.4 Å². The van der Waals surface area contributed by atoms with Crippen molar-refractivity contribution in [2.45, 2.75) is 13.8 Å². The topological polar surface area (TPSA) is 123 Å². The number of anilines is 2. The lowest BCUT2D eigenvalue weighted by atomic mass is 10.0. The molecule has 0 spiro atoms. The van der Waals surface area contributed by atoms with E-state index in [9.17, 15) is 19.2 Å². The van der Waals surface area contributed by atoms with Crippen molar-refractivity contribution in [2.24, 2.45) is 0 Å². The van der Waals surface area contributed by atoms with Crippen LogP contribution >= 0.6 is 15.9 Å². The maximum Gasteiger partial charge on any atom is 0.335 e. The fraction of sp³-hybridized carbons (Fsp3) is 0.172. The van der Waals surface area contributed by atoms with Gasteiger partial charge in [0.1, 0.15) is 11.3 Å². The minimum Gasteiger partial charge on any atom is -0.495 e. The Morgan fingerprint density at radius 2 is 1.70 bits per heavy atom. The van der Waals surface area contributed by atoms with Crippen molar-refractivity contribution in [3.05, 3.63) is 81.3 Å². The van der Waals surface area contributed by atoms with Crippen molar-refractivity contribution >= 4 is 57.1 Å². The quantitative estimate of drug-likeness (QED) is 0.279. The van der Waals surface area contributed by atoms with E-state index >= 15 is 0 Å². The summed E-state index contributed by atoms with van der Waals surface area (Å²) in [5.74, 6) is -1.02. The number of methoxy groups -OCH3 is 2. The second kappa shape index (κ2) is 12.0. The first-order valence-corrected chi connectivity index (χ1v) is 12.8. The predicted molar refractivity (Wildman–Crippen MR) is 153 cm³/mol. The zero-order valence-electron chi connectivity index (χ0n) is 22.2. The number of aryl methyl sites for hydroxylation is 2. The van der Waals surface area contributed by atoms with Crippen LogP contribution in [0.4, 0.5) is 16.2 Å². The van der Waals surface area contributed by atoms with Crippen LogP contribution in [0.5, 0.6) is 17.2 Å². The van der Waals surface area contributed by atoms with Crippen molar-refractivity contribution in [3.8, 4) is 17.2 Å². The van der Waals surface area contributed by atoms with Crippen LogP contribution in [0.2, 0.25) is 0 Å². The van der Waals surface area contributed by atoms with Gasteiger partial charge in [0.25, 0.3) is 17.7 Å². The Morgan fingerprint density at radius 1 is 0.975 bits per heavy atom. The molecule has 206 valence electrons. The number of imide groups is 2. The predicted octanol–water partition coefficient (Wildman–Crippen LogP) is 4.77. The third-order valence-electron chi connectivity index (χ3n) is 6.14. The van der Waals surface area contributed by atoms with Gasteiger partial charge in [0.15, 0.2) is 18.1 Å². The Morgan fingerprint density at radius 3 is 2.40 bits per heavy atom. The molecule has 1 aliphatic rings. The molecule has 0 bridgehead atoms. The van der Waals surface area contributed by atoms with E-state index in [-0.39, 0.29) is 23.7 Å². The third-order valence-corrected chi connectivity index (χ3v) is 6.73. The maximum atomic E-state index is 13.3. The number of nitrogens with zero attached hydrogens (tertiary/aromatic N) is 1. The molecule has 1 aliphatic heterocycles. The van der Waals surface area contributed by atoms with Gasteiger partial charge in [-0.05, 0) is 88.9 Å². The first-order chi connectivity index (χ1) is 19.1. The highest BCUT2D eigenvalue weighted by atomic mass is 79.9. The fourth-order valence-electron chi connectivity index (χ4n) is 3.96. The van der Waals surface area contributed by atoms with Crippen LogP contribution in [0.1, 0.15) is 16.7 Å². The standard InChI is InChI=1S/C29H26BrN3O7/c1-16-9-10-19(11-17(16)2)33-28(36)20(27(35)32-29(33)37)12-18-13-21(30)26(24(14-18)39-4)40-15-25(34)31-22-7-5-6-8-23(22)38-3/h5-14H,15H2,1-4H3,(H,31,34)(H,32,35,37)/b20-12-. The number of carbonyl (C=O) groups is 4. The molecule has 1 heterocycles. The average Bonchev–Trinajstić information content (AvgIpc) is 2.92. The summed E-state index contributed by atoms with van der Waals surface area (Å²) in [5, 5.41) is 4.94. The SMILES string of the molecule is COc1ccccc1NC(=O)COc1c(Br)cc(/C=C2/C(=O)NC(=O)N(c3ccc(C)c(C)c3)C2=O)cc1OC. The number of carbonyl (C=O) groups excluding carboxylic acids is 4. The first kappa shape index (κ1) is 28.4. The molecule has 0 unspecified atom stereocenters. The van der Waals surface area contributed by atoms with Gasteiger partial charge in [-0.25, -0.2) is 9.69 Å². The number of ether oxygens (including phenoxy) is 3. The van der Waals surface area contributed by atoms with E-state index in [1.807, 2.05) is 13.8 Å². The lowest BCUT2D eigenvalue weighted by Crippen LogP contribution is -2.54. The van der Waals surface area contributed by atoms with Gasteiger partial charge in [-0.3, -0.25) is 19.7 Å². The van der Waals surface area contributed by atoms with Gasteiger partial charge in [-0.2, -0.15) is 0 Å². The Bertz CT molecular complexity index is 1550. The number of barbiturate groups is 1. The highest BCUT2D eigenvalue weighted by Gasteiger charge is 2.37. The monoisotopic (exact) mass is 607 g/mol. The van der Waals surface area contributed by atoms with Crippen molar-refractivity contribution in [3.63, 3.8) is 0 Å². The van der Waals surface area contributed by atoms with Gasteiger partial charge in [0.05, 0.1) is 30.1 Å². The molecule has 2 N–H and O–H groups in total. The van der Waals surface area contributed by atoms with Crippen LogP contribution in [0, 0.1) is 13.8 Å². The molecular weight excluding hydrogens is 582 g/mol. The molecule has 40 heavy (non-hydrogen) atoms. The molecule has 10 nitrogen and oxygen atoms in total. The van der Waals surface area contributed by atoms with Gasteiger partial charge in [0, 0.05) is 0 Å². The lowest BCUT2D eigenvalue weighted by Gasteiger charge is -2.27. The average molecular weight is 608 g/mol. The molecule has 3 aromatic carbocycles. The molecule has 0 aliphatic carbocycles. The molecule has 1 saturated heterocycles. The molecule has 4 rings (SSSR count). The molecular formula is C29H26BrN3O7. The summed E-state index contributed by atoms with van der Waals surface area (Å²) >= 11 is 3.41. The number of para-hydroxylation sites is 2. The number of hydrogen-bond donors (Lipinski definition) is 2. The van der Waals surface area contributed by atoms with E-state index in [0.717, 1.165) is 16.0 Å². The van der Waals surface area contributed by atoms with Crippen LogP contribution in [-0.2, 0) is 14.4 Å². The van der Waals surface area contributed by atoms with E-state index in [1.165, 1.54) is 20.3 Å². The molecule has 1 fully saturated rings. The van der Waals surface area contributed by atoms with E-state index in [1.54, 1.807) is 54.6 Å². The van der Waals surface area contributed by atoms with Gasteiger partial charge in [-0.1, -0.05) is 18.2 Å². The zero-order valence-corrected chi connectivity index (χ0v) is 23.7. The summed E-state index contributed by atoms with van der Waals surface area (Å²) in [6.07, 6.45) is 1.35. The van der Waals surface area contributed by atoms with Crippen molar-refractivity contribution in [1.29, 1.82) is 0 Å². The van der Waals surface area contributed by atoms with Crippen LogP contribution in [-0.4, -0.2) is 44.6 Å². The first-order valence-electron chi connectivity index (χ1n) is 12.0. The summed E-state index contributed by atoms with van der Waals surface area (Å²) in [6, 6.07) is 14.4. The van der Waals surface area contributed by atoms with E-state index in [2.05, 4.69) is 26.6 Å². The van der Waals surface area contributed by atoms with Crippen molar-refractivity contribution in [1.82, 2.24) is 5.32 Å². The second-order valence-electron chi connectivity index (χ2n) is 8.80. The summed E-state index contributed by atoms with van der Waals surface area (Å²) < 4.78 is 16.8. The number of rotatable bonds is 8. The number of urea groups is 1. The van der Waals surface area contributed by atoms with Crippen LogP contribution in [0.25, 0.3) is 6.08 Å². The Hall–Kier alpha value is -4.64. The maximum absolute atomic E-state index is 13.3. The summed E-state index contributed by atoms with van der Waals surface area (Å²) in [7, 11) is 2.92. The Balaban J connectivity index is 1.56. The van der Waals surface area contributed by atoms with Crippen molar-refractivity contribution in [2.75, 3.05) is 31.0 Å². The molecule has 11 heteroatoms. The number of halogens is 1. The zero-order chi connectivity index (χ0) is 29.0. The van der Waals surface area contributed by atoms with Crippen LogP contribution in [0.15, 0.2) is 64.6 Å². The molecule has 5 amide bonds. The molecule has 0 saturated carbocycles.